The van der Waals surface area contributed by atoms with E-state index in [9.17, 15) is 4.79 Å². The molecule has 0 saturated carbocycles. The smallest absolute Gasteiger partial charge is 0.217 e. The number of rotatable bonds is 4. The van der Waals surface area contributed by atoms with Gasteiger partial charge in [-0.05, 0) is 30.0 Å². The van der Waals surface area contributed by atoms with E-state index in [2.05, 4.69) is 23.6 Å². The molecule has 2 aromatic heterocycles. The van der Waals surface area contributed by atoms with Crippen LogP contribution in [0, 0.1) is 0 Å². The summed E-state index contributed by atoms with van der Waals surface area (Å²) in [6.07, 6.45) is 1.19. The van der Waals surface area contributed by atoms with Crippen molar-refractivity contribution >= 4 is 28.6 Å². The summed E-state index contributed by atoms with van der Waals surface area (Å²) in [5.41, 5.74) is 5.11. The molecule has 2 heterocycles. The molecule has 15 heavy (non-hydrogen) atoms. The third-order valence-electron chi connectivity index (χ3n) is 2.04. The predicted molar refractivity (Wildman–Crippen MR) is 65.1 cm³/mol. The van der Waals surface area contributed by atoms with Crippen molar-refractivity contribution in [3.05, 3.63) is 34.5 Å². The quantitative estimate of drug-likeness (QED) is 0.873. The molecule has 2 nitrogen and oxygen atoms in total. The fraction of sp³-hybridized carbons (Fsp3) is 0.182. The number of hydrogen-bond acceptors (Lipinski definition) is 3. The van der Waals surface area contributed by atoms with Crippen LogP contribution in [0.25, 0.3) is 9.75 Å². The van der Waals surface area contributed by atoms with Crippen LogP contribution in [0.1, 0.15) is 11.3 Å². The number of amides is 1. The van der Waals surface area contributed by atoms with Crippen LogP contribution in [0.5, 0.6) is 0 Å². The average Bonchev–Trinajstić information content (AvgIpc) is 2.85. The number of carbonyl (C=O) groups is 1. The number of hydrogen-bond donors (Lipinski definition) is 1. The Morgan fingerprint density at radius 3 is 2.80 bits per heavy atom. The van der Waals surface area contributed by atoms with Crippen molar-refractivity contribution in [2.75, 3.05) is 0 Å². The summed E-state index contributed by atoms with van der Waals surface area (Å²) < 4.78 is 0. The van der Waals surface area contributed by atoms with E-state index in [0.717, 1.165) is 6.42 Å². The first-order valence-corrected chi connectivity index (χ1v) is 6.36. The van der Waals surface area contributed by atoms with Crippen molar-refractivity contribution in [1.29, 1.82) is 0 Å². The van der Waals surface area contributed by atoms with Gasteiger partial charge in [-0.25, -0.2) is 0 Å². The predicted octanol–water partition coefficient (Wildman–Crippen LogP) is 2.89. The Balaban J connectivity index is 2.08. The van der Waals surface area contributed by atoms with Crippen molar-refractivity contribution in [2.45, 2.75) is 12.8 Å². The van der Waals surface area contributed by atoms with Crippen LogP contribution in [-0.4, -0.2) is 5.91 Å². The lowest BCUT2D eigenvalue weighted by Crippen LogP contribution is -2.10. The fourth-order valence-electron chi connectivity index (χ4n) is 1.31. The highest BCUT2D eigenvalue weighted by molar-refractivity contribution is 7.21. The van der Waals surface area contributed by atoms with Crippen LogP contribution < -0.4 is 5.73 Å². The molecule has 4 heteroatoms. The van der Waals surface area contributed by atoms with Gasteiger partial charge in [0.25, 0.3) is 0 Å². The van der Waals surface area contributed by atoms with Gasteiger partial charge in [-0.1, -0.05) is 6.07 Å². The largest absolute Gasteiger partial charge is 0.370 e. The molecule has 0 fully saturated rings. The number of nitrogens with two attached hydrogens (primary N) is 1. The van der Waals surface area contributed by atoms with Gasteiger partial charge in [-0.2, -0.15) is 0 Å². The molecule has 0 aromatic carbocycles. The molecule has 0 atom stereocenters. The Bertz CT molecular complexity index is 445. The van der Waals surface area contributed by atoms with Crippen LogP contribution in [-0.2, 0) is 11.2 Å². The zero-order valence-corrected chi connectivity index (χ0v) is 9.74. The van der Waals surface area contributed by atoms with Gasteiger partial charge in [0, 0.05) is 21.1 Å². The van der Waals surface area contributed by atoms with Crippen LogP contribution in [0.15, 0.2) is 29.6 Å². The molecule has 2 rings (SSSR count). The highest BCUT2D eigenvalue weighted by atomic mass is 32.1. The highest BCUT2D eigenvalue weighted by Gasteiger charge is 2.04. The van der Waals surface area contributed by atoms with E-state index in [-0.39, 0.29) is 5.91 Å². The molecule has 0 spiro atoms. The minimum absolute atomic E-state index is 0.235. The fourth-order valence-corrected chi connectivity index (χ4v) is 3.15. The third kappa shape index (κ3) is 2.67. The number of primary amides is 1. The Hall–Kier alpha value is -1.13. The van der Waals surface area contributed by atoms with E-state index in [1.165, 1.54) is 14.6 Å². The lowest BCUT2D eigenvalue weighted by Gasteiger charge is -1.92. The Labute approximate surface area is 96.4 Å². The molecule has 0 unspecified atom stereocenters. The summed E-state index contributed by atoms with van der Waals surface area (Å²) in [6.45, 7) is 0. The summed E-state index contributed by atoms with van der Waals surface area (Å²) in [5, 5.41) is 2.07. The number of aryl methyl sites for hydroxylation is 1. The molecule has 0 aliphatic rings. The summed E-state index contributed by atoms with van der Waals surface area (Å²) in [6, 6.07) is 8.33. The molecule has 0 saturated heterocycles. The van der Waals surface area contributed by atoms with Gasteiger partial charge in [0.1, 0.15) is 0 Å². The minimum atomic E-state index is -0.235. The Kier molecular flexibility index (Phi) is 3.18. The van der Waals surface area contributed by atoms with E-state index in [1.54, 1.807) is 22.7 Å². The molecule has 1 amide bonds. The zero-order chi connectivity index (χ0) is 10.7. The van der Waals surface area contributed by atoms with E-state index < -0.39 is 0 Å². The standard InChI is InChI=1S/C11H11NOS2/c12-11(13)6-4-8-3-5-10(15-8)9-2-1-7-14-9/h1-3,5,7H,4,6H2,(H2,12,13). The maximum absolute atomic E-state index is 10.6. The molecular weight excluding hydrogens is 226 g/mol. The molecule has 2 aromatic rings. The first-order chi connectivity index (χ1) is 7.25. The Morgan fingerprint density at radius 1 is 1.27 bits per heavy atom. The zero-order valence-electron chi connectivity index (χ0n) is 8.10. The molecular formula is C11H11NOS2. The number of thiophene rings is 2. The van der Waals surface area contributed by atoms with Crippen LogP contribution in [0.3, 0.4) is 0 Å². The van der Waals surface area contributed by atoms with Crippen molar-refractivity contribution in [2.24, 2.45) is 5.73 Å². The van der Waals surface area contributed by atoms with Gasteiger partial charge in [0.2, 0.25) is 5.91 Å². The van der Waals surface area contributed by atoms with Gasteiger partial charge in [-0.15, -0.1) is 22.7 Å². The van der Waals surface area contributed by atoms with Crippen molar-refractivity contribution < 1.29 is 4.79 Å². The SMILES string of the molecule is NC(=O)CCc1ccc(-c2cccs2)s1. The van der Waals surface area contributed by atoms with Crippen LogP contribution in [0.4, 0.5) is 0 Å². The van der Waals surface area contributed by atoms with Crippen molar-refractivity contribution in [3.63, 3.8) is 0 Å². The lowest BCUT2D eigenvalue weighted by molar-refractivity contribution is -0.117. The average molecular weight is 237 g/mol. The molecule has 0 aliphatic carbocycles. The molecule has 2 N–H and O–H groups in total. The van der Waals surface area contributed by atoms with Crippen molar-refractivity contribution in [3.8, 4) is 9.75 Å². The molecule has 0 radical (unpaired) electrons. The van der Waals surface area contributed by atoms with E-state index in [0.29, 0.717) is 6.42 Å². The molecule has 78 valence electrons. The van der Waals surface area contributed by atoms with Crippen LogP contribution in [0.2, 0.25) is 0 Å². The first kappa shape index (κ1) is 10.4. The topological polar surface area (TPSA) is 43.1 Å². The second kappa shape index (κ2) is 4.59. The van der Waals surface area contributed by atoms with Gasteiger partial charge in [-0.3, -0.25) is 4.79 Å². The third-order valence-corrected chi connectivity index (χ3v) is 4.25. The second-order valence-electron chi connectivity index (χ2n) is 3.21. The van der Waals surface area contributed by atoms with E-state index in [1.807, 2.05) is 6.07 Å². The second-order valence-corrected chi connectivity index (χ2v) is 5.33. The first-order valence-electron chi connectivity index (χ1n) is 4.66. The summed E-state index contributed by atoms with van der Waals surface area (Å²) in [4.78, 5) is 14.4. The normalized spacial score (nSPS) is 10.4. The molecule has 0 aliphatic heterocycles. The summed E-state index contributed by atoms with van der Waals surface area (Å²) >= 11 is 3.47. The lowest BCUT2D eigenvalue weighted by atomic mass is 10.2. The monoisotopic (exact) mass is 237 g/mol. The van der Waals surface area contributed by atoms with Crippen molar-refractivity contribution in [1.82, 2.24) is 0 Å². The molecule has 0 bridgehead atoms. The van der Waals surface area contributed by atoms with Gasteiger partial charge >= 0.3 is 0 Å². The summed E-state index contributed by atoms with van der Waals surface area (Å²) in [5.74, 6) is -0.235. The Morgan fingerprint density at radius 2 is 2.13 bits per heavy atom. The van der Waals surface area contributed by atoms with E-state index >= 15 is 0 Å². The maximum Gasteiger partial charge on any atom is 0.217 e. The maximum atomic E-state index is 10.6. The summed E-state index contributed by atoms with van der Waals surface area (Å²) in [7, 11) is 0. The van der Waals surface area contributed by atoms with Gasteiger partial charge < -0.3 is 5.73 Å². The highest BCUT2D eigenvalue weighted by Crippen LogP contribution is 2.31. The van der Waals surface area contributed by atoms with Gasteiger partial charge in [0.15, 0.2) is 0 Å². The minimum Gasteiger partial charge on any atom is -0.370 e. The van der Waals surface area contributed by atoms with E-state index in [4.69, 9.17) is 5.73 Å². The number of carbonyl (C=O) groups excluding carboxylic acids is 1. The van der Waals surface area contributed by atoms with Gasteiger partial charge in [0.05, 0.1) is 0 Å². The van der Waals surface area contributed by atoms with Crippen LogP contribution >= 0.6 is 22.7 Å².